The average molecular weight is 1520 g/mol. The van der Waals surface area contributed by atoms with Crippen LogP contribution in [0.5, 0.6) is 0 Å². The maximum absolute atomic E-state index is 13.2. The van der Waals surface area contributed by atoms with Crippen molar-refractivity contribution in [1.82, 2.24) is 50.6 Å². The van der Waals surface area contributed by atoms with Gasteiger partial charge in [-0.15, -0.1) is 44.0 Å². The summed E-state index contributed by atoms with van der Waals surface area (Å²) in [6.45, 7) is 23.4. The number of hydrogen-bond acceptors (Lipinski definition) is 19. The quantitative estimate of drug-likeness (QED) is 0.0286. The van der Waals surface area contributed by atoms with E-state index < -0.39 is 40.3 Å². The zero-order valence-electron chi connectivity index (χ0n) is 58.9. The van der Waals surface area contributed by atoms with Crippen molar-refractivity contribution in [2.24, 2.45) is 0 Å². The molecule has 0 radical (unpaired) electrons. The van der Waals surface area contributed by atoms with Crippen molar-refractivity contribution in [2.75, 3.05) is 74.9 Å². The van der Waals surface area contributed by atoms with E-state index in [4.69, 9.17) is 13.1 Å². The lowest BCUT2D eigenvalue weighted by molar-refractivity contribution is -0.138. The van der Waals surface area contributed by atoms with Crippen molar-refractivity contribution in [3.05, 3.63) is 179 Å². The topological polar surface area (TPSA) is 254 Å². The van der Waals surface area contributed by atoms with Gasteiger partial charge in [0.05, 0.1) is 52.7 Å². The van der Waals surface area contributed by atoms with Crippen LogP contribution >= 0.6 is 34.0 Å². The van der Waals surface area contributed by atoms with Crippen LogP contribution in [0.15, 0.2) is 120 Å². The minimum absolute atomic E-state index is 0.0122. The number of carbonyl (C=O) groups is 3. The Balaban J connectivity index is 0.000000142. The number of aromatic nitrogens is 4. The van der Waals surface area contributed by atoms with Crippen molar-refractivity contribution >= 4 is 113 Å². The third-order valence-corrected chi connectivity index (χ3v) is 24.6. The molecule has 9 heterocycles. The summed E-state index contributed by atoms with van der Waals surface area (Å²) in [6.07, 6.45) is 2.29. The molecular weight excluding hydrogens is 1440 g/mol. The van der Waals surface area contributed by atoms with E-state index in [1.54, 1.807) is 34.4 Å². The minimum Gasteiger partial charge on any atom is -0.384 e. The second-order valence-corrected chi connectivity index (χ2v) is 31.6. The Bertz CT molecular complexity index is 4520. The van der Waals surface area contributed by atoms with Crippen molar-refractivity contribution in [1.29, 1.82) is 0 Å². The van der Waals surface area contributed by atoms with Gasteiger partial charge < -0.3 is 56.9 Å². The molecule has 3 aliphatic carbocycles. The minimum atomic E-state index is -4.51. The van der Waals surface area contributed by atoms with E-state index in [1.807, 2.05) is 54.1 Å². The number of thiazole rings is 1. The van der Waals surface area contributed by atoms with E-state index >= 15 is 0 Å². The van der Waals surface area contributed by atoms with Crippen LogP contribution in [0.2, 0.25) is 0 Å². The van der Waals surface area contributed by atoms with Gasteiger partial charge in [0.25, 0.3) is 11.6 Å². The van der Waals surface area contributed by atoms with Gasteiger partial charge in [0.15, 0.2) is 11.0 Å². The number of piperidine rings is 2. The Morgan fingerprint density at radius 1 is 0.514 bits per heavy atom. The van der Waals surface area contributed by atoms with E-state index in [2.05, 4.69) is 95.3 Å². The van der Waals surface area contributed by atoms with E-state index in [1.165, 1.54) is 41.2 Å². The van der Waals surface area contributed by atoms with Crippen molar-refractivity contribution < 1.29 is 56.0 Å². The Morgan fingerprint density at radius 3 is 1.36 bits per heavy atom. The highest BCUT2D eigenvalue weighted by Gasteiger charge is 2.45. The Labute approximate surface area is 626 Å². The van der Waals surface area contributed by atoms with E-state index in [-0.39, 0.29) is 100 Å². The summed E-state index contributed by atoms with van der Waals surface area (Å²) < 4.78 is 79.2. The number of nitrogens with one attached hydrogen (secondary N) is 6. The fraction of sp³-hybridized carbons (Fsp3) is 0.442. The number of likely N-dealkylation sites (tertiary alicyclic amines) is 3. The summed E-state index contributed by atoms with van der Waals surface area (Å²) in [6, 6.07) is 26.5. The second-order valence-electron chi connectivity index (χ2n) is 28.8. The maximum Gasteiger partial charge on any atom is 0.416 e. The fourth-order valence-electron chi connectivity index (χ4n) is 15.3. The van der Waals surface area contributed by atoms with Gasteiger partial charge in [0.2, 0.25) is 17.7 Å². The molecule has 0 spiro atoms. The summed E-state index contributed by atoms with van der Waals surface area (Å²) in [5.74, 6) is -0.460. The van der Waals surface area contributed by atoms with Crippen LogP contribution in [0.1, 0.15) is 114 Å². The molecule has 107 heavy (non-hydrogen) atoms. The summed E-state index contributed by atoms with van der Waals surface area (Å²) in [7, 11) is 0. The molecule has 15 rings (SSSR count). The SMILES string of the molecule is Cc1ccc2nc(C)cc(NCC(=O)NC3CN(C4CCC(O)(c5cncs5)CC4)C3)c2c1.[C-]#[N+]c1cc(NCC(=O)NC2CC(N3CCC(O)(c4cccs4)CC3)C2)c2cc(C(F)(F)F)ccc2n1.[C-]#[N+]c1cc(NCC(=O)NC2CC(N3CCC(O)(c4cccs4)CC3)C2)c2cc(C(F)(F)F)ccc2n1. The van der Waals surface area contributed by atoms with Crippen molar-refractivity contribution in [3.63, 3.8) is 0 Å². The second kappa shape index (κ2) is 32.1. The molecule has 3 saturated carbocycles. The van der Waals surface area contributed by atoms with Gasteiger partial charge in [-0.25, -0.2) is 0 Å². The van der Waals surface area contributed by atoms with Crippen LogP contribution in [-0.2, 0) is 43.5 Å². The van der Waals surface area contributed by atoms with Crippen molar-refractivity contribution in [2.45, 2.75) is 156 Å². The lowest BCUT2D eigenvalue weighted by atomic mass is 9.80. The van der Waals surface area contributed by atoms with Crippen LogP contribution in [0, 0.1) is 27.0 Å². The number of anilines is 3. The van der Waals surface area contributed by atoms with Gasteiger partial charge in [-0.3, -0.25) is 39.1 Å². The number of fused-ring (bicyclic) bond motifs is 3. The van der Waals surface area contributed by atoms with Gasteiger partial charge in [-0.1, -0.05) is 36.9 Å². The zero-order valence-corrected chi connectivity index (χ0v) is 61.4. The molecule has 30 heteroatoms. The van der Waals surface area contributed by atoms with Gasteiger partial charge >= 0.3 is 12.4 Å². The lowest BCUT2D eigenvalue weighted by Crippen LogP contribution is -2.63. The molecule has 3 aromatic carbocycles. The average Bonchev–Trinajstić information content (AvgIpc) is 1.79. The third-order valence-electron chi connectivity index (χ3n) is 21.5. The molecule has 0 bridgehead atoms. The number of halogens is 6. The standard InChI is InChI=1S/2C26H26F3N5O2S.C25H31N5O2S/c2*1-30-23-14-21(19-11-16(26(27,28)29)4-5-20(19)33-23)31-15-24(35)32-17-12-18(13-17)34-8-6-25(36,7-9-34)22-3-2-10-37-22;1-16-3-4-21-20(9-16)22(10-17(2)28-21)27-12-24(31)29-18-13-30(14-18)19-5-7-25(32,8-6-19)23-11-26-15-33-23/h2*2-5,10-11,14,17-18,36H,6-9,12-13,15H2,(H,31,33)(H,32,35);3-4,9-11,15,18-19,32H,5-8,12-14H2,1-2H3,(H,27,28)(H,29,31). The number of aliphatic hydroxyl groups is 3. The maximum atomic E-state index is 13.2. The number of benzene rings is 3. The molecule has 21 nitrogen and oxygen atoms in total. The molecule has 0 atom stereocenters. The molecule has 9 N–H and O–H groups in total. The van der Waals surface area contributed by atoms with E-state index in [9.17, 15) is 56.0 Å². The number of hydrogen-bond donors (Lipinski definition) is 9. The summed E-state index contributed by atoms with van der Waals surface area (Å²) >= 11 is 4.70. The number of thiophene rings is 2. The molecule has 6 aromatic heterocycles. The van der Waals surface area contributed by atoms with Gasteiger partial charge in [0.1, 0.15) is 16.8 Å². The van der Waals surface area contributed by atoms with Crippen molar-refractivity contribution in [3.8, 4) is 0 Å². The molecular formula is C77H83F6N15O6S3. The smallest absolute Gasteiger partial charge is 0.384 e. The van der Waals surface area contributed by atoms with Crippen LogP contribution in [0.3, 0.4) is 0 Å². The monoisotopic (exact) mass is 1520 g/mol. The first-order valence-corrected chi connectivity index (χ1v) is 38.5. The molecule has 3 aliphatic heterocycles. The van der Waals surface area contributed by atoms with Crippen LogP contribution in [-0.4, -0.2) is 163 Å². The highest BCUT2D eigenvalue weighted by molar-refractivity contribution is 7.10. The number of rotatable bonds is 18. The Morgan fingerprint density at radius 2 is 0.935 bits per heavy atom. The summed E-state index contributed by atoms with van der Waals surface area (Å²) in [5.41, 5.74) is 2.93. The van der Waals surface area contributed by atoms with E-state index in [0.717, 1.165) is 152 Å². The molecule has 6 fully saturated rings. The Hall–Kier alpha value is -8.95. The third kappa shape index (κ3) is 18.1. The van der Waals surface area contributed by atoms with Gasteiger partial charge in [-0.05, 0) is 181 Å². The highest BCUT2D eigenvalue weighted by atomic mass is 32.1. The van der Waals surface area contributed by atoms with Gasteiger partial charge in [0, 0.05) is 124 Å². The summed E-state index contributed by atoms with van der Waals surface area (Å²) in [5, 5.41) is 56.4. The number of nitrogens with zero attached hydrogens (tertiary/aromatic N) is 9. The highest BCUT2D eigenvalue weighted by Crippen LogP contribution is 2.44. The van der Waals surface area contributed by atoms with Crippen LogP contribution in [0.4, 0.5) is 55.0 Å². The van der Waals surface area contributed by atoms with Crippen LogP contribution < -0.4 is 31.9 Å². The normalized spacial score (nSPS) is 22.4. The van der Waals surface area contributed by atoms with E-state index in [0.29, 0.717) is 43.8 Å². The first-order valence-electron chi connectivity index (χ1n) is 35.8. The number of amides is 3. The number of alkyl halides is 6. The summed E-state index contributed by atoms with van der Waals surface area (Å²) in [4.78, 5) is 71.3. The predicted molar refractivity (Wildman–Crippen MR) is 402 cm³/mol. The number of carbonyl (C=O) groups excluding carboxylic acids is 3. The predicted octanol–water partition coefficient (Wildman–Crippen LogP) is 13.2. The molecule has 6 aliphatic rings. The number of pyridine rings is 3. The first kappa shape index (κ1) is 76.3. The lowest BCUT2D eigenvalue weighted by Gasteiger charge is -2.48. The largest absolute Gasteiger partial charge is 0.416 e. The van der Waals surface area contributed by atoms with Crippen LogP contribution in [0.25, 0.3) is 42.4 Å². The first-order chi connectivity index (χ1) is 51.2. The van der Waals surface area contributed by atoms with Gasteiger partial charge in [-0.2, -0.15) is 26.3 Å². The molecule has 3 amide bonds. The number of aryl methyl sites for hydroxylation is 2. The Kier molecular flexibility index (Phi) is 22.9. The molecule has 562 valence electrons. The molecule has 3 saturated heterocycles. The molecule has 0 unspecified atom stereocenters. The zero-order chi connectivity index (χ0) is 75.4. The molecule has 9 aromatic rings. The fourth-order valence-corrected chi connectivity index (χ4v) is 17.9.